The summed E-state index contributed by atoms with van der Waals surface area (Å²) in [4.78, 5) is 36.8. The van der Waals surface area contributed by atoms with Gasteiger partial charge in [-0.25, -0.2) is 4.79 Å². The maximum Gasteiger partial charge on any atom is 0.362 e. The Kier molecular flexibility index (Phi) is 35.1. The number of nitrogens with zero attached hydrogens (tertiary/aromatic N) is 1. The number of aliphatic carboxylic acids is 1. The van der Waals surface area contributed by atoms with Crippen molar-refractivity contribution in [2.24, 2.45) is 0 Å². The Labute approximate surface area is 335 Å². The molecule has 0 saturated heterocycles. The molecule has 55 heavy (non-hydrogen) atoms. The van der Waals surface area contributed by atoms with Crippen molar-refractivity contribution in [3.05, 3.63) is 85.1 Å². The lowest BCUT2D eigenvalue weighted by Crippen LogP contribution is -2.50. The minimum atomic E-state index is -0.890. The van der Waals surface area contributed by atoms with Gasteiger partial charge in [-0.2, -0.15) is 0 Å². The number of quaternary nitrogens is 1. The van der Waals surface area contributed by atoms with Gasteiger partial charge in [0.25, 0.3) is 0 Å². The van der Waals surface area contributed by atoms with E-state index in [1.54, 1.807) is 6.08 Å². The molecule has 8 heteroatoms. The number of hydrogen-bond donors (Lipinski definition) is 1. The van der Waals surface area contributed by atoms with Crippen molar-refractivity contribution in [2.45, 2.75) is 154 Å². The zero-order chi connectivity index (χ0) is 40.7. The first-order chi connectivity index (χ1) is 26.6. The highest BCUT2D eigenvalue weighted by atomic mass is 16.6. The van der Waals surface area contributed by atoms with E-state index in [0.717, 1.165) is 70.6 Å². The third kappa shape index (κ3) is 35.9. The fourth-order valence-corrected chi connectivity index (χ4v) is 5.61. The molecule has 0 aromatic rings. The van der Waals surface area contributed by atoms with Gasteiger partial charge < -0.3 is 23.8 Å². The number of rotatable bonds is 36. The van der Waals surface area contributed by atoms with E-state index in [4.69, 9.17) is 14.2 Å². The fourth-order valence-electron chi connectivity index (χ4n) is 5.61. The van der Waals surface area contributed by atoms with Crippen LogP contribution in [0.25, 0.3) is 0 Å². The summed E-state index contributed by atoms with van der Waals surface area (Å²) in [6.07, 6.45) is 48.1. The molecule has 0 aliphatic rings. The Morgan fingerprint density at radius 1 is 0.564 bits per heavy atom. The average Bonchev–Trinajstić information content (AvgIpc) is 3.14. The van der Waals surface area contributed by atoms with Crippen LogP contribution in [0.4, 0.5) is 0 Å². The number of unbranched alkanes of at least 4 members (excludes halogenated alkanes) is 9. The molecule has 0 heterocycles. The number of carbonyl (C=O) groups is 3. The van der Waals surface area contributed by atoms with Crippen molar-refractivity contribution < 1.29 is 38.2 Å². The van der Waals surface area contributed by atoms with Gasteiger partial charge >= 0.3 is 17.9 Å². The van der Waals surface area contributed by atoms with Crippen LogP contribution in [0.1, 0.15) is 142 Å². The van der Waals surface area contributed by atoms with Gasteiger partial charge in [0.15, 0.2) is 12.1 Å². The molecule has 2 unspecified atom stereocenters. The van der Waals surface area contributed by atoms with Crippen molar-refractivity contribution in [3.8, 4) is 0 Å². The molecule has 0 amide bonds. The predicted molar refractivity (Wildman–Crippen MR) is 229 cm³/mol. The monoisotopic (exact) mass is 769 g/mol. The van der Waals surface area contributed by atoms with Gasteiger partial charge in [0.1, 0.15) is 6.61 Å². The van der Waals surface area contributed by atoms with Crippen molar-refractivity contribution in [1.29, 1.82) is 0 Å². The van der Waals surface area contributed by atoms with Gasteiger partial charge in [-0.05, 0) is 64.2 Å². The van der Waals surface area contributed by atoms with E-state index < -0.39 is 24.1 Å². The highest BCUT2D eigenvalue weighted by Crippen LogP contribution is 2.13. The zero-order valence-electron chi connectivity index (χ0n) is 35.3. The first-order valence-electron chi connectivity index (χ1n) is 21.1. The van der Waals surface area contributed by atoms with E-state index >= 15 is 0 Å². The molecule has 312 valence electrons. The van der Waals surface area contributed by atoms with Crippen LogP contribution in [-0.4, -0.2) is 80.6 Å². The Balaban J connectivity index is 4.33. The molecule has 1 N–H and O–H groups in total. The van der Waals surface area contributed by atoms with Gasteiger partial charge in [-0.1, -0.05) is 144 Å². The van der Waals surface area contributed by atoms with Crippen LogP contribution < -0.4 is 0 Å². The zero-order valence-corrected chi connectivity index (χ0v) is 35.3. The van der Waals surface area contributed by atoms with Crippen molar-refractivity contribution in [3.63, 3.8) is 0 Å². The smallest absolute Gasteiger partial charge is 0.362 e. The molecule has 8 nitrogen and oxygen atoms in total. The van der Waals surface area contributed by atoms with Gasteiger partial charge in [-0.3, -0.25) is 9.59 Å². The SMILES string of the molecule is CC/C=C/C/C=C/C/C=C/C/C=C/CCCCCCCCCCCC(=O)OC(COCCC(C(=O)O)[N+](C)(C)C)COC(=O)C/C=C/C/C=C/C/C=C/CC. The van der Waals surface area contributed by atoms with Crippen molar-refractivity contribution in [2.75, 3.05) is 41.0 Å². The summed E-state index contributed by atoms with van der Waals surface area (Å²) in [6.45, 7) is 4.36. The Morgan fingerprint density at radius 2 is 1.02 bits per heavy atom. The third-order valence-electron chi connectivity index (χ3n) is 8.82. The largest absolute Gasteiger partial charge is 0.477 e. The maximum absolute atomic E-state index is 12.7. The summed E-state index contributed by atoms with van der Waals surface area (Å²) >= 11 is 0. The summed E-state index contributed by atoms with van der Waals surface area (Å²) in [5.74, 6) is -1.64. The topological polar surface area (TPSA) is 99.1 Å². The quantitative estimate of drug-likeness (QED) is 0.0293. The van der Waals surface area contributed by atoms with E-state index in [1.807, 2.05) is 27.2 Å². The Bertz CT molecular complexity index is 1170. The molecular formula is C47H78NO7+. The van der Waals surface area contributed by atoms with E-state index in [9.17, 15) is 19.5 Å². The van der Waals surface area contributed by atoms with Crippen LogP contribution in [-0.2, 0) is 28.6 Å². The Morgan fingerprint density at radius 3 is 1.51 bits per heavy atom. The molecule has 0 radical (unpaired) electrons. The number of ether oxygens (including phenoxy) is 3. The lowest BCUT2D eigenvalue weighted by molar-refractivity contribution is -0.887. The van der Waals surface area contributed by atoms with Crippen molar-refractivity contribution in [1.82, 2.24) is 0 Å². The highest BCUT2D eigenvalue weighted by molar-refractivity contribution is 5.72. The molecule has 0 aliphatic heterocycles. The van der Waals surface area contributed by atoms with Gasteiger partial charge in [0.05, 0.1) is 40.8 Å². The molecule has 0 aliphatic carbocycles. The van der Waals surface area contributed by atoms with Gasteiger partial charge in [-0.15, -0.1) is 0 Å². The number of allylic oxidation sites excluding steroid dienone is 13. The molecular weight excluding hydrogens is 691 g/mol. The number of esters is 2. The number of carboxylic acids is 1. The number of hydrogen-bond acceptors (Lipinski definition) is 6. The molecule has 0 aromatic carbocycles. The third-order valence-corrected chi connectivity index (χ3v) is 8.82. The Hall–Kier alpha value is -3.49. The van der Waals surface area contributed by atoms with E-state index in [0.29, 0.717) is 12.8 Å². The molecule has 0 bridgehead atoms. The van der Waals surface area contributed by atoms with Crippen molar-refractivity contribution >= 4 is 17.9 Å². The molecule has 2 atom stereocenters. The van der Waals surface area contributed by atoms with Crippen LogP contribution >= 0.6 is 0 Å². The molecule has 0 spiro atoms. The van der Waals surface area contributed by atoms with E-state index in [1.165, 1.54) is 38.5 Å². The summed E-state index contributed by atoms with van der Waals surface area (Å²) < 4.78 is 17.1. The highest BCUT2D eigenvalue weighted by Gasteiger charge is 2.31. The maximum atomic E-state index is 12.7. The molecule has 0 saturated carbocycles. The average molecular weight is 769 g/mol. The number of carbonyl (C=O) groups excluding carboxylic acids is 2. The summed E-state index contributed by atoms with van der Waals surface area (Å²) in [5.41, 5.74) is 0. The first kappa shape index (κ1) is 51.5. The van der Waals surface area contributed by atoms with Crippen LogP contribution in [0.5, 0.6) is 0 Å². The first-order valence-corrected chi connectivity index (χ1v) is 21.1. The molecule has 0 rings (SSSR count). The standard InChI is InChI=1S/C47H77NO7/c1-6-8-10-12-14-16-17-18-19-20-21-22-23-24-25-26-27-28-30-32-34-36-38-46(50)55-43(41-53-40-39-44(47(51)52)48(3,4)5)42-54-45(49)37-35-33-31-29-15-13-11-9-7-2/h8-11,14-16,18-19,21-22,29,33,35,43-44H,6-7,12-13,17,20,23-28,30-32,34,36-42H2,1-5H3/p+1/b10-8+,11-9+,16-14+,19-18+,22-21+,29-15+,35-33+. The lowest BCUT2D eigenvalue weighted by atomic mass is 10.1. The van der Waals surface area contributed by atoms with Gasteiger partial charge in [0, 0.05) is 12.8 Å². The van der Waals surface area contributed by atoms with E-state index in [-0.39, 0.29) is 36.7 Å². The minimum Gasteiger partial charge on any atom is -0.477 e. The second kappa shape index (κ2) is 37.4. The summed E-state index contributed by atoms with van der Waals surface area (Å²) in [7, 11) is 5.48. The molecule has 0 fully saturated rings. The van der Waals surface area contributed by atoms with Crippen LogP contribution in [0.2, 0.25) is 0 Å². The predicted octanol–water partition coefficient (Wildman–Crippen LogP) is 11.4. The summed E-state index contributed by atoms with van der Waals surface area (Å²) in [5, 5.41) is 9.59. The second-order valence-corrected chi connectivity index (χ2v) is 14.8. The van der Waals surface area contributed by atoms with Gasteiger partial charge in [0.2, 0.25) is 0 Å². The normalized spacial score (nSPS) is 13.8. The molecule has 0 aromatic heterocycles. The lowest BCUT2D eigenvalue weighted by Gasteiger charge is -2.31. The van der Waals surface area contributed by atoms with Crippen LogP contribution in [0.15, 0.2) is 85.1 Å². The fraction of sp³-hybridized carbons (Fsp3) is 0.638. The van der Waals surface area contributed by atoms with Crippen LogP contribution in [0.3, 0.4) is 0 Å². The second-order valence-electron chi connectivity index (χ2n) is 14.8. The number of likely N-dealkylation sites (N-methyl/N-ethyl adjacent to an activating group) is 1. The number of carboxylic acid groups (broad SMARTS) is 1. The summed E-state index contributed by atoms with van der Waals surface area (Å²) in [6, 6.07) is -0.630. The minimum absolute atomic E-state index is 0.0268. The van der Waals surface area contributed by atoms with Crippen LogP contribution in [0, 0.1) is 0 Å². The van der Waals surface area contributed by atoms with E-state index in [2.05, 4.69) is 86.8 Å².